The van der Waals surface area contributed by atoms with Gasteiger partial charge in [-0.1, -0.05) is 0 Å². The second-order valence-electron chi connectivity index (χ2n) is 3.96. The Hall–Kier alpha value is -1.65. The number of likely N-dealkylation sites (N-methyl/N-ethyl adjacent to an activating group) is 1. The standard InChI is InChI=1S/C12H20N4O/c1-5-16(6-2)11(17)10(4)15-12-13-7-9(3)8-14-12/h7-8,10H,5-6H2,1-4H3,(H,13,14,15). The topological polar surface area (TPSA) is 58.1 Å². The molecule has 5 heteroatoms. The summed E-state index contributed by atoms with van der Waals surface area (Å²) in [6.45, 7) is 9.12. The molecule has 1 atom stereocenters. The number of aryl methyl sites for hydroxylation is 1. The number of carbonyl (C=O) groups is 1. The van der Waals surface area contributed by atoms with Crippen LogP contribution in [0.5, 0.6) is 0 Å². The summed E-state index contributed by atoms with van der Waals surface area (Å²) in [5.74, 6) is 0.558. The second-order valence-corrected chi connectivity index (χ2v) is 3.96. The highest BCUT2D eigenvalue weighted by Crippen LogP contribution is 2.03. The summed E-state index contributed by atoms with van der Waals surface area (Å²) in [7, 11) is 0. The van der Waals surface area contributed by atoms with E-state index in [1.54, 1.807) is 17.3 Å². The Kier molecular flexibility index (Phi) is 4.87. The summed E-state index contributed by atoms with van der Waals surface area (Å²) in [5, 5.41) is 3.00. The summed E-state index contributed by atoms with van der Waals surface area (Å²) in [5.41, 5.74) is 0.998. The zero-order chi connectivity index (χ0) is 12.8. The summed E-state index contributed by atoms with van der Waals surface area (Å²) in [4.78, 5) is 22.0. The number of nitrogens with one attached hydrogen (secondary N) is 1. The fraction of sp³-hybridized carbons (Fsp3) is 0.583. The molecule has 0 saturated carbocycles. The van der Waals surface area contributed by atoms with E-state index in [0.29, 0.717) is 5.95 Å². The maximum atomic E-state index is 12.0. The van der Waals surface area contributed by atoms with Gasteiger partial charge in [-0.2, -0.15) is 0 Å². The normalized spacial score (nSPS) is 12.0. The van der Waals surface area contributed by atoms with Crippen LogP contribution in [-0.2, 0) is 4.79 Å². The fourth-order valence-corrected chi connectivity index (χ4v) is 1.53. The molecular formula is C12H20N4O. The van der Waals surface area contributed by atoms with Gasteiger partial charge in [0.2, 0.25) is 11.9 Å². The van der Waals surface area contributed by atoms with Gasteiger partial charge in [-0.05, 0) is 33.3 Å². The van der Waals surface area contributed by atoms with Crippen LogP contribution in [0.15, 0.2) is 12.4 Å². The van der Waals surface area contributed by atoms with Crippen molar-refractivity contribution in [2.24, 2.45) is 0 Å². The molecule has 0 bridgehead atoms. The first-order valence-corrected chi connectivity index (χ1v) is 5.92. The van der Waals surface area contributed by atoms with Gasteiger partial charge in [0.1, 0.15) is 6.04 Å². The molecule has 1 heterocycles. The molecule has 1 N–H and O–H groups in total. The monoisotopic (exact) mass is 236 g/mol. The van der Waals surface area contributed by atoms with E-state index in [-0.39, 0.29) is 11.9 Å². The summed E-state index contributed by atoms with van der Waals surface area (Å²) >= 11 is 0. The van der Waals surface area contributed by atoms with Crippen LogP contribution in [0.1, 0.15) is 26.3 Å². The van der Waals surface area contributed by atoms with Gasteiger partial charge in [0.25, 0.3) is 0 Å². The van der Waals surface area contributed by atoms with Gasteiger partial charge in [-0.15, -0.1) is 0 Å². The Bertz CT molecular complexity index is 359. The summed E-state index contributed by atoms with van der Waals surface area (Å²) in [6.07, 6.45) is 3.45. The van der Waals surface area contributed by atoms with Gasteiger partial charge in [-0.25, -0.2) is 9.97 Å². The van der Waals surface area contributed by atoms with E-state index in [1.807, 2.05) is 27.7 Å². The smallest absolute Gasteiger partial charge is 0.244 e. The number of nitrogens with zero attached hydrogens (tertiary/aromatic N) is 3. The van der Waals surface area contributed by atoms with Crippen LogP contribution in [0.2, 0.25) is 0 Å². The van der Waals surface area contributed by atoms with E-state index >= 15 is 0 Å². The lowest BCUT2D eigenvalue weighted by atomic mass is 10.3. The van der Waals surface area contributed by atoms with Gasteiger partial charge >= 0.3 is 0 Å². The molecule has 5 nitrogen and oxygen atoms in total. The van der Waals surface area contributed by atoms with Crippen molar-refractivity contribution in [2.45, 2.75) is 33.7 Å². The Labute approximate surface area is 102 Å². The number of hydrogen-bond donors (Lipinski definition) is 1. The largest absolute Gasteiger partial charge is 0.343 e. The average Bonchev–Trinajstić information content (AvgIpc) is 2.33. The third-order valence-electron chi connectivity index (χ3n) is 2.57. The van der Waals surface area contributed by atoms with Crippen LogP contribution in [0.3, 0.4) is 0 Å². The predicted octanol–water partition coefficient (Wildman–Crippen LogP) is 1.45. The van der Waals surface area contributed by atoms with E-state index in [4.69, 9.17) is 0 Å². The average molecular weight is 236 g/mol. The van der Waals surface area contributed by atoms with Gasteiger partial charge in [0, 0.05) is 25.5 Å². The van der Waals surface area contributed by atoms with Crippen LogP contribution in [0.25, 0.3) is 0 Å². The van der Waals surface area contributed by atoms with Gasteiger partial charge in [-0.3, -0.25) is 4.79 Å². The molecule has 1 rings (SSSR count). The zero-order valence-corrected chi connectivity index (χ0v) is 10.9. The highest BCUT2D eigenvalue weighted by atomic mass is 16.2. The van der Waals surface area contributed by atoms with Crippen molar-refractivity contribution in [3.8, 4) is 0 Å². The van der Waals surface area contributed by atoms with E-state index in [9.17, 15) is 4.79 Å². The van der Waals surface area contributed by atoms with Crippen LogP contribution in [0, 0.1) is 6.92 Å². The first kappa shape index (κ1) is 13.4. The van der Waals surface area contributed by atoms with Crippen LogP contribution in [0.4, 0.5) is 5.95 Å². The van der Waals surface area contributed by atoms with Gasteiger partial charge in [0.05, 0.1) is 0 Å². The molecule has 0 saturated heterocycles. The van der Waals surface area contributed by atoms with Crippen LogP contribution in [-0.4, -0.2) is 39.9 Å². The minimum Gasteiger partial charge on any atom is -0.343 e. The third kappa shape index (κ3) is 3.69. The highest BCUT2D eigenvalue weighted by molar-refractivity contribution is 5.83. The van der Waals surface area contributed by atoms with Crippen molar-refractivity contribution < 1.29 is 4.79 Å². The lowest BCUT2D eigenvalue weighted by molar-refractivity contribution is -0.131. The van der Waals surface area contributed by atoms with Crippen molar-refractivity contribution in [1.82, 2.24) is 14.9 Å². The Morgan fingerprint density at radius 2 is 1.88 bits per heavy atom. The van der Waals surface area contributed by atoms with Crippen molar-refractivity contribution in [3.63, 3.8) is 0 Å². The van der Waals surface area contributed by atoms with Crippen LogP contribution >= 0.6 is 0 Å². The first-order chi connectivity index (χ1) is 8.08. The predicted molar refractivity (Wildman–Crippen MR) is 67.8 cm³/mol. The lowest BCUT2D eigenvalue weighted by Gasteiger charge is -2.23. The molecule has 0 spiro atoms. The zero-order valence-electron chi connectivity index (χ0n) is 10.9. The van der Waals surface area contributed by atoms with Crippen molar-refractivity contribution in [1.29, 1.82) is 0 Å². The number of anilines is 1. The maximum absolute atomic E-state index is 12.0. The number of rotatable bonds is 5. The molecule has 0 aliphatic carbocycles. The Balaban J connectivity index is 2.62. The van der Waals surface area contributed by atoms with Crippen molar-refractivity contribution in [2.75, 3.05) is 18.4 Å². The van der Waals surface area contributed by atoms with Crippen molar-refractivity contribution >= 4 is 11.9 Å². The molecule has 1 unspecified atom stereocenters. The molecule has 94 valence electrons. The number of amides is 1. The molecule has 0 radical (unpaired) electrons. The molecule has 1 amide bonds. The van der Waals surface area contributed by atoms with Gasteiger partial charge < -0.3 is 10.2 Å². The Morgan fingerprint density at radius 3 is 2.35 bits per heavy atom. The highest BCUT2D eigenvalue weighted by Gasteiger charge is 2.18. The van der Waals surface area contributed by atoms with E-state index in [0.717, 1.165) is 18.7 Å². The molecule has 0 aliphatic heterocycles. The summed E-state index contributed by atoms with van der Waals surface area (Å²) < 4.78 is 0. The Morgan fingerprint density at radius 1 is 1.35 bits per heavy atom. The molecule has 0 aromatic carbocycles. The van der Waals surface area contributed by atoms with E-state index < -0.39 is 0 Å². The van der Waals surface area contributed by atoms with E-state index in [1.165, 1.54) is 0 Å². The van der Waals surface area contributed by atoms with Crippen molar-refractivity contribution in [3.05, 3.63) is 18.0 Å². The SMILES string of the molecule is CCN(CC)C(=O)C(C)Nc1ncc(C)cn1. The number of aromatic nitrogens is 2. The minimum absolute atomic E-state index is 0.0687. The molecule has 0 fully saturated rings. The fourth-order valence-electron chi connectivity index (χ4n) is 1.53. The van der Waals surface area contributed by atoms with Crippen LogP contribution < -0.4 is 5.32 Å². The summed E-state index contributed by atoms with van der Waals surface area (Å²) in [6, 6.07) is -0.308. The second kappa shape index (κ2) is 6.18. The van der Waals surface area contributed by atoms with Gasteiger partial charge in [0.15, 0.2) is 0 Å². The molecule has 1 aromatic rings. The molecule has 17 heavy (non-hydrogen) atoms. The number of carbonyl (C=O) groups excluding carboxylic acids is 1. The van der Waals surface area contributed by atoms with E-state index in [2.05, 4.69) is 15.3 Å². The molecular weight excluding hydrogens is 216 g/mol. The number of hydrogen-bond acceptors (Lipinski definition) is 4. The maximum Gasteiger partial charge on any atom is 0.244 e. The minimum atomic E-state index is -0.308. The quantitative estimate of drug-likeness (QED) is 0.840. The first-order valence-electron chi connectivity index (χ1n) is 5.92. The lowest BCUT2D eigenvalue weighted by Crippen LogP contribution is -2.41. The molecule has 1 aromatic heterocycles. The molecule has 0 aliphatic rings. The third-order valence-corrected chi connectivity index (χ3v) is 2.57.